The second-order valence-electron chi connectivity index (χ2n) is 3.01. The summed E-state index contributed by atoms with van der Waals surface area (Å²) in [5.74, 6) is 0.457. The van der Waals surface area contributed by atoms with Crippen molar-refractivity contribution in [2.24, 2.45) is 0 Å². The van der Waals surface area contributed by atoms with E-state index in [1.54, 1.807) is 13.0 Å². The zero-order chi connectivity index (χ0) is 10.3. The van der Waals surface area contributed by atoms with Crippen LogP contribution in [0.25, 0.3) is 10.8 Å². The van der Waals surface area contributed by atoms with Gasteiger partial charge in [-0.3, -0.25) is 0 Å². The Morgan fingerprint density at radius 1 is 1.36 bits per heavy atom. The molecule has 0 atom stereocenters. The van der Waals surface area contributed by atoms with Gasteiger partial charge in [-0.2, -0.15) is 0 Å². The molecule has 0 amide bonds. The van der Waals surface area contributed by atoms with Crippen molar-refractivity contribution >= 4 is 22.4 Å². The zero-order valence-electron chi connectivity index (χ0n) is 7.37. The molecule has 0 radical (unpaired) electrons. The first-order valence-electron chi connectivity index (χ1n) is 4.01. The number of aryl methyl sites for hydroxylation is 1. The Kier molecular flexibility index (Phi) is 1.97. The van der Waals surface area contributed by atoms with Gasteiger partial charge in [-0.15, -0.1) is 0 Å². The monoisotopic (exact) mass is 210 g/mol. The highest BCUT2D eigenvalue weighted by molar-refractivity contribution is 6.32. The molecule has 1 aromatic heterocycles. The number of fused-ring (bicyclic) bond motifs is 1. The summed E-state index contributed by atoms with van der Waals surface area (Å²) in [6.45, 7) is 1.68. The normalized spacial score (nSPS) is 10.7. The van der Waals surface area contributed by atoms with Crippen LogP contribution in [-0.4, -0.2) is 5.11 Å². The molecule has 0 aliphatic carbocycles. The van der Waals surface area contributed by atoms with Crippen molar-refractivity contribution in [3.05, 3.63) is 39.4 Å². The Morgan fingerprint density at radius 3 is 2.79 bits per heavy atom. The fourth-order valence-electron chi connectivity index (χ4n) is 1.36. The van der Waals surface area contributed by atoms with E-state index in [1.165, 1.54) is 12.1 Å². The van der Waals surface area contributed by atoms with Crippen LogP contribution in [0.2, 0.25) is 5.02 Å². The van der Waals surface area contributed by atoms with Crippen molar-refractivity contribution in [1.29, 1.82) is 0 Å². The van der Waals surface area contributed by atoms with Gasteiger partial charge >= 0.3 is 5.63 Å². The Hall–Kier alpha value is -1.48. The lowest BCUT2D eigenvalue weighted by molar-refractivity contribution is 0.475. The van der Waals surface area contributed by atoms with Gasteiger partial charge in [0.25, 0.3) is 0 Å². The largest absolute Gasteiger partial charge is 0.506 e. The Bertz CT molecular complexity index is 557. The van der Waals surface area contributed by atoms with E-state index in [9.17, 15) is 9.90 Å². The number of halogens is 1. The molecule has 72 valence electrons. The van der Waals surface area contributed by atoms with Crippen LogP contribution in [0.4, 0.5) is 0 Å². The van der Waals surface area contributed by atoms with Crippen molar-refractivity contribution in [1.82, 2.24) is 0 Å². The van der Waals surface area contributed by atoms with E-state index >= 15 is 0 Å². The Labute approximate surface area is 84.5 Å². The summed E-state index contributed by atoms with van der Waals surface area (Å²) in [5.41, 5.74) is -0.434. The lowest BCUT2D eigenvalue weighted by Gasteiger charge is -2.02. The maximum absolute atomic E-state index is 11.0. The molecule has 1 heterocycles. The molecule has 0 unspecified atom stereocenters. The highest BCUT2D eigenvalue weighted by Gasteiger charge is 2.05. The fourth-order valence-corrected chi connectivity index (χ4v) is 1.53. The predicted molar refractivity (Wildman–Crippen MR) is 53.9 cm³/mol. The number of phenolic OH excluding ortho intramolecular Hbond substituents is 1. The number of rotatable bonds is 0. The van der Waals surface area contributed by atoms with E-state index < -0.39 is 5.63 Å². The smallest absolute Gasteiger partial charge is 0.336 e. The summed E-state index contributed by atoms with van der Waals surface area (Å²) in [4.78, 5) is 11.0. The van der Waals surface area contributed by atoms with E-state index in [0.717, 1.165) is 5.39 Å². The summed E-state index contributed by atoms with van der Waals surface area (Å²) < 4.78 is 4.89. The zero-order valence-corrected chi connectivity index (χ0v) is 8.13. The van der Waals surface area contributed by atoms with Crippen LogP contribution in [0.3, 0.4) is 0 Å². The van der Waals surface area contributed by atoms with E-state index in [1.807, 2.05) is 0 Å². The molecule has 1 N–H and O–H groups in total. The summed E-state index contributed by atoms with van der Waals surface area (Å²) in [6.07, 6.45) is 0. The van der Waals surface area contributed by atoms with Gasteiger partial charge in [0.1, 0.15) is 11.5 Å². The molecule has 0 fully saturated rings. The number of benzene rings is 1. The molecule has 0 spiro atoms. The highest BCUT2D eigenvalue weighted by atomic mass is 35.5. The Balaban J connectivity index is 2.96. The van der Waals surface area contributed by atoms with Crippen LogP contribution in [0.5, 0.6) is 5.75 Å². The molecule has 2 rings (SSSR count). The van der Waals surface area contributed by atoms with Crippen molar-refractivity contribution in [2.75, 3.05) is 0 Å². The van der Waals surface area contributed by atoms with Gasteiger partial charge in [-0.05, 0) is 24.4 Å². The maximum Gasteiger partial charge on any atom is 0.336 e. The summed E-state index contributed by atoms with van der Waals surface area (Å²) in [6, 6.07) is 4.34. The number of aromatic hydroxyl groups is 1. The van der Waals surface area contributed by atoms with Crippen LogP contribution in [0.15, 0.2) is 27.4 Å². The van der Waals surface area contributed by atoms with Crippen molar-refractivity contribution in [3.63, 3.8) is 0 Å². The molecule has 0 aliphatic rings. The molecular formula is C10H7ClO3. The number of phenols is 1. The molecule has 1 aromatic carbocycles. The van der Waals surface area contributed by atoms with Gasteiger partial charge in [-0.1, -0.05) is 11.6 Å². The van der Waals surface area contributed by atoms with Crippen LogP contribution in [0, 0.1) is 6.92 Å². The lowest BCUT2D eigenvalue weighted by Crippen LogP contribution is -1.97. The first kappa shape index (κ1) is 9.09. The SMILES string of the molecule is Cc1oc(=O)cc2cc(O)c(Cl)cc12. The first-order valence-corrected chi connectivity index (χ1v) is 4.38. The molecule has 0 saturated carbocycles. The molecule has 2 aromatic rings. The van der Waals surface area contributed by atoms with E-state index in [4.69, 9.17) is 16.0 Å². The van der Waals surface area contributed by atoms with E-state index in [0.29, 0.717) is 11.1 Å². The third kappa shape index (κ3) is 1.36. The maximum atomic E-state index is 11.0. The minimum Gasteiger partial charge on any atom is -0.506 e. The first-order chi connectivity index (χ1) is 6.58. The second kappa shape index (κ2) is 3.03. The van der Waals surface area contributed by atoms with Crippen molar-refractivity contribution < 1.29 is 9.52 Å². The quantitative estimate of drug-likeness (QED) is 0.727. The molecular weight excluding hydrogens is 204 g/mol. The summed E-state index contributed by atoms with van der Waals surface area (Å²) >= 11 is 5.73. The van der Waals surface area contributed by atoms with Gasteiger partial charge < -0.3 is 9.52 Å². The fraction of sp³-hybridized carbons (Fsp3) is 0.100. The van der Waals surface area contributed by atoms with Crippen LogP contribution in [-0.2, 0) is 0 Å². The topological polar surface area (TPSA) is 50.4 Å². The minimum absolute atomic E-state index is 0.0378. The van der Waals surface area contributed by atoms with E-state index in [-0.39, 0.29) is 10.8 Å². The molecule has 4 heteroatoms. The third-order valence-electron chi connectivity index (χ3n) is 2.03. The number of hydrogen-bond donors (Lipinski definition) is 1. The summed E-state index contributed by atoms with van der Waals surface area (Å²) in [5, 5.41) is 10.9. The summed E-state index contributed by atoms with van der Waals surface area (Å²) in [7, 11) is 0. The molecule has 3 nitrogen and oxygen atoms in total. The van der Waals surface area contributed by atoms with Gasteiger partial charge in [0.15, 0.2) is 0 Å². The molecule has 0 saturated heterocycles. The van der Waals surface area contributed by atoms with Crippen molar-refractivity contribution in [2.45, 2.75) is 6.92 Å². The standard InChI is InChI=1S/C10H7ClO3/c1-5-7-4-8(11)9(12)2-6(7)3-10(13)14-5/h2-4,12H,1H3. The van der Waals surface area contributed by atoms with Gasteiger partial charge in [0.2, 0.25) is 0 Å². The van der Waals surface area contributed by atoms with Gasteiger partial charge in [0.05, 0.1) is 5.02 Å². The number of hydrogen-bond acceptors (Lipinski definition) is 3. The van der Waals surface area contributed by atoms with Crippen LogP contribution < -0.4 is 5.63 Å². The van der Waals surface area contributed by atoms with Crippen molar-refractivity contribution in [3.8, 4) is 5.75 Å². The predicted octanol–water partition coefficient (Wildman–Crippen LogP) is 2.46. The minimum atomic E-state index is -0.434. The average molecular weight is 211 g/mol. The Morgan fingerprint density at radius 2 is 2.07 bits per heavy atom. The lowest BCUT2D eigenvalue weighted by atomic mass is 10.1. The van der Waals surface area contributed by atoms with Crippen LogP contribution >= 0.6 is 11.6 Å². The average Bonchev–Trinajstić information content (AvgIpc) is 2.08. The highest BCUT2D eigenvalue weighted by Crippen LogP contribution is 2.29. The van der Waals surface area contributed by atoms with Gasteiger partial charge in [-0.25, -0.2) is 4.79 Å². The third-order valence-corrected chi connectivity index (χ3v) is 2.33. The van der Waals surface area contributed by atoms with Crippen LogP contribution in [0.1, 0.15) is 5.76 Å². The van der Waals surface area contributed by atoms with Gasteiger partial charge in [0, 0.05) is 11.5 Å². The second-order valence-corrected chi connectivity index (χ2v) is 3.42. The molecule has 0 aliphatic heterocycles. The molecule has 14 heavy (non-hydrogen) atoms. The van der Waals surface area contributed by atoms with E-state index in [2.05, 4.69) is 0 Å². The molecule has 0 bridgehead atoms.